The van der Waals surface area contributed by atoms with Gasteiger partial charge in [-0.1, -0.05) is 13.3 Å². The van der Waals surface area contributed by atoms with Crippen molar-refractivity contribution in [2.75, 3.05) is 12.9 Å². The maximum absolute atomic E-state index is 12.1. The number of hydrogen-bond donors (Lipinski definition) is 2. The van der Waals surface area contributed by atoms with Gasteiger partial charge in [0.2, 0.25) is 0 Å². The molecule has 0 amide bonds. The van der Waals surface area contributed by atoms with Crippen LogP contribution in [0, 0.1) is 0 Å². The molecule has 0 aliphatic carbocycles. The van der Waals surface area contributed by atoms with Gasteiger partial charge in [0.05, 0.1) is 18.6 Å². The lowest BCUT2D eigenvalue weighted by Gasteiger charge is -2.29. The van der Waals surface area contributed by atoms with Crippen LogP contribution in [0.1, 0.15) is 38.1 Å². The summed E-state index contributed by atoms with van der Waals surface area (Å²) >= 11 is 0. The molecule has 0 fully saturated rings. The average Bonchev–Trinajstić information content (AvgIpc) is 2.62. The van der Waals surface area contributed by atoms with E-state index in [2.05, 4.69) is 16.9 Å². The molecule has 0 saturated heterocycles. The molecule has 8 heteroatoms. The number of aromatic nitrogens is 3. The summed E-state index contributed by atoms with van der Waals surface area (Å²) in [5.41, 5.74) is 2.18. The molecule has 0 aromatic carbocycles. The minimum atomic E-state index is -2.73. The third kappa shape index (κ3) is 4.84. The van der Waals surface area contributed by atoms with Crippen LogP contribution in [0.5, 0.6) is 5.75 Å². The van der Waals surface area contributed by atoms with Crippen LogP contribution in [-0.4, -0.2) is 36.5 Å². The molecule has 144 valence electrons. The largest absolute Gasteiger partial charge is 0.491 e. The SMILES string of the molecule is CCCCc1cnc(CS(O)(O)CC)nc1-c1cc(OC)c(=O)n(C)c1. The van der Waals surface area contributed by atoms with Crippen molar-refractivity contribution in [1.82, 2.24) is 14.5 Å². The molecule has 7 nitrogen and oxygen atoms in total. The zero-order valence-corrected chi connectivity index (χ0v) is 16.5. The van der Waals surface area contributed by atoms with E-state index in [9.17, 15) is 13.9 Å². The van der Waals surface area contributed by atoms with Crippen molar-refractivity contribution >= 4 is 10.6 Å². The van der Waals surface area contributed by atoms with E-state index in [1.807, 2.05) is 0 Å². The van der Waals surface area contributed by atoms with Crippen LogP contribution in [0.15, 0.2) is 23.3 Å². The van der Waals surface area contributed by atoms with E-state index in [1.54, 1.807) is 32.4 Å². The van der Waals surface area contributed by atoms with Gasteiger partial charge in [-0.3, -0.25) is 13.9 Å². The van der Waals surface area contributed by atoms with Gasteiger partial charge < -0.3 is 9.30 Å². The van der Waals surface area contributed by atoms with Gasteiger partial charge in [-0.2, -0.15) is 10.6 Å². The highest BCUT2D eigenvalue weighted by molar-refractivity contribution is 8.23. The Kier molecular flexibility index (Phi) is 6.80. The predicted octanol–water partition coefficient (Wildman–Crippen LogP) is 3.46. The predicted molar refractivity (Wildman–Crippen MR) is 105 cm³/mol. The summed E-state index contributed by atoms with van der Waals surface area (Å²) in [6.07, 6.45) is 6.29. The van der Waals surface area contributed by atoms with Crippen LogP contribution in [0.25, 0.3) is 11.3 Å². The van der Waals surface area contributed by atoms with Gasteiger partial charge in [-0.25, -0.2) is 9.97 Å². The average molecular weight is 381 g/mol. The molecule has 2 aromatic heterocycles. The molecule has 0 radical (unpaired) electrons. The number of nitrogens with zero attached hydrogens (tertiary/aromatic N) is 3. The van der Waals surface area contributed by atoms with Crippen molar-refractivity contribution < 1.29 is 13.8 Å². The minimum absolute atomic E-state index is 0.0213. The first-order valence-electron chi connectivity index (χ1n) is 8.64. The molecule has 0 aliphatic heterocycles. The lowest BCUT2D eigenvalue weighted by Crippen LogP contribution is -2.18. The molecule has 0 spiro atoms. The summed E-state index contributed by atoms with van der Waals surface area (Å²) in [6, 6.07) is 1.67. The monoisotopic (exact) mass is 381 g/mol. The lowest BCUT2D eigenvalue weighted by atomic mass is 10.0. The summed E-state index contributed by atoms with van der Waals surface area (Å²) < 4.78 is 26.7. The number of pyridine rings is 1. The maximum Gasteiger partial charge on any atom is 0.292 e. The van der Waals surface area contributed by atoms with Crippen LogP contribution in [0.2, 0.25) is 0 Å². The third-order valence-electron chi connectivity index (χ3n) is 4.18. The first-order valence-corrected chi connectivity index (χ1v) is 10.5. The highest BCUT2D eigenvalue weighted by atomic mass is 32.3. The van der Waals surface area contributed by atoms with Crippen LogP contribution in [0.4, 0.5) is 0 Å². The molecule has 26 heavy (non-hydrogen) atoms. The van der Waals surface area contributed by atoms with Gasteiger partial charge in [0.25, 0.3) is 5.56 Å². The van der Waals surface area contributed by atoms with Crippen molar-refractivity contribution in [3.05, 3.63) is 40.2 Å². The van der Waals surface area contributed by atoms with Gasteiger partial charge in [0, 0.05) is 30.8 Å². The van der Waals surface area contributed by atoms with Gasteiger partial charge in [-0.15, -0.1) is 0 Å². The Morgan fingerprint density at radius 1 is 1.31 bits per heavy atom. The fraction of sp³-hybridized carbons (Fsp3) is 0.500. The standard InChI is InChI=1S/C18H27N3O4S/c1-5-7-8-13-10-19-16(12-26(23,24)6-2)20-17(13)14-9-15(25-4)18(22)21(3)11-14/h9-11,23-24H,5-8,12H2,1-4H3. The van der Waals surface area contributed by atoms with Crippen LogP contribution in [0.3, 0.4) is 0 Å². The molecule has 0 atom stereocenters. The Hall–Kier alpha value is -1.90. The Bertz CT molecular complexity index is 821. The van der Waals surface area contributed by atoms with E-state index in [1.165, 1.54) is 11.7 Å². The maximum atomic E-state index is 12.1. The topological polar surface area (TPSA) is 97.5 Å². The van der Waals surface area contributed by atoms with Crippen molar-refractivity contribution in [1.29, 1.82) is 0 Å². The van der Waals surface area contributed by atoms with E-state index in [4.69, 9.17) is 4.74 Å². The van der Waals surface area contributed by atoms with Gasteiger partial charge in [-0.05, 0) is 31.4 Å². The number of unbranched alkanes of at least 4 members (excludes halogenated alkanes) is 1. The molecule has 0 bridgehead atoms. The van der Waals surface area contributed by atoms with Crippen LogP contribution < -0.4 is 10.3 Å². The van der Waals surface area contributed by atoms with Crippen molar-refractivity contribution in [2.24, 2.45) is 7.05 Å². The number of rotatable bonds is 8. The second-order valence-corrected chi connectivity index (χ2v) is 8.68. The molecule has 2 aromatic rings. The molecule has 2 rings (SSSR count). The summed E-state index contributed by atoms with van der Waals surface area (Å²) in [6.45, 7) is 3.84. The third-order valence-corrected chi connectivity index (χ3v) is 5.83. The summed E-state index contributed by atoms with van der Waals surface area (Å²) in [7, 11) is 0.387. The summed E-state index contributed by atoms with van der Waals surface area (Å²) in [5, 5.41) is 0. The Labute approximate surface area is 155 Å². The highest BCUT2D eigenvalue weighted by Crippen LogP contribution is 2.41. The molecule has 2 heterocycles. The first kappa shape index (κ1) is 20.4. The van der Waals surface area contributed by atoms with E-state index >= 15 is 0 Å². The number of methoxy groups -OCH3 is 1. The van der Waals surface area contributed by atoms with Crippen LogP contribution >= 0.6 is 10.6 Å². The Morgan fingerprint density at radius 2 is 2.04 bits per heavy atom. The zero-order valence-electron chi connectivity index (χ0n) is 15.7. The van der Waals surface area contributed by atoms with E-state index in [0.717, 1.165) is 30.4 Å². The first-order chi connectivity index (χ1) is 12.3. The van der Waals surface area contributed by atoms with E-state index in [0.29, 0.717) is 11.5 Å². The van der Waals surface area contributed by atoms with Gasteiger partial charge in [0.1, 0.15) is 5.82 Å². The minimum Gasteiger partial charge on any atom is -0.491 e. The summed E-state index contributed by atoms with van der Waals surface area (Å²) in [4.78, 5) is 21.0. The van der Waals surface area contributed by atoms with Gasteiger partial charge in [0.15, 0.2) is 5.75 Å². The fourth-order valence-corrected chi connectivity index (χ4v) is 3.34. The normalized spacial score (nSPS) is 12.2. The van der Waals surface area contributed by atoms with Gasteiger partial charge >= 0.3 is 0 Å². The molecular weight excluding hydrogens is 354 g/mol. The number of aryl methyl sites for hydroxylation is 2. The van der Waals surface area contributed by atoms with Crippen LogP contribution in [-0.2, 0) is 19.2 Å². The lowest BCUT2D eigenvalue weighted by molar-refractivity contribution is 0.405. The molecule has 0 aliphatic rings. The molecule has 0 unspecified atom stereocenters. The smallest absolute Gasteiger partial charge is 0.292 e. The van der Waals surface area contributed by atoms with E-state index in [-0.39, 0.29) is 22.8 Å². The van der Waals surface area contributed by atoms with Crippen molar-refractivity contribution in [3.63, 3.8) is 0 Å². The van der Waals surface area contributed by atoms with E-state index < -0.39 is 10.6 Å². The fourth-order valence-electron chi connectivity index (χ4n) is 2.58. The highest BCUT2D eigenvalue weighted by Gasteiger charge is 2.17. The Morgan fingerprint density at radius 3 is 2.65 bits per heavy atom. The zero-order chi connectivity index (χ0) is 19.3. The number of hydrogen-bond acceptors (Lipinski definition) is 6. The molecular formula is C18H27N3O4S. The number of ether oxygens (including phenoxy) is 1. The molecule has 0 saturated carbocycles. The molecule has 2 N–H and O–H groups in total. The Balaban J connectivity index is 2.56. The second-order valence-electron chi connectivity index (χ2n) is 6.21. The van der Waals surface area contributed by atoms with Crippen molar-refractivity contribution in [3.8, 4) is 17.0 Å². The van der Waals surface area contributed by atoms with Crippen molar-refractivity contribution in [2.45, 2.75) is 38.9 Å². The quantitative estimate of drug-likeness (QED) is 0.727. The second kappa shape index (κ2) is 8.66. The summed E-state index contributed by atoms with van der Waals surface area (Å²) in [5.74, 6) is 0.907.